The van der Waals surface area contributed by atoms with Crippen LogP contribution in [0.1, 0.15) is 32.5 Å². The van der Waals surface area contributed by atoms with Crippen LogP contribution in [0.3, 0.4) is 0 Å². The Labute approximate surface area is 78.6 Å². The molecule has 74 valence electrons. The molecule has 4 heteroatoms. The largest absolute Gasteiger partial charge is 0.388 e. The van der Waals surface area contributed by atoms with Gasteiger partial charge in [0.1, 0.15) is 12.9 Å². The van der Waals surface area contributed by atoms with Gasteiger partial charge in [-0.05, 0) is 18.8 Å². The van der Waals surface area contributed by atoms with E-state index in [0.29, 0.717) is 5.82 Å². The van der Waals surface area contributed by atoms with E-state index in [1.54, 1.807) is 4.68 Å². The molecule has 13 heavy (non-hydrogen) atoms. The average molecular weight is 183 g/mol. The van der Waals surface area contributed by atoms with Crippen LogP contribution in [-0.4, -0.2) is 19.9 Å². The number of aryl methyl sites for hydroxylation is 1. The molecule has 1 aromatic heterocycles. The fraction of sp³-hybridized carbons (Fsp3) is 0.778. The van der Waals surface area contributed by atoms with Gasteiger partial charge < -0.3 is 5.11 Å². The maximum atomic E-state index is 8.89. The lowest BCUT2D eigenvalue weighted by atomic mass is 10.1. The molecule has 1 aromatic rings. The number of rotatable bonds is 5. The molecule has 0 atom stereocenters. The van der Waals surface area contributed by atoms with Crippen molar-refractivity contribution in [1.82, 2.24) is 14.8 Å². The fourth-order valence-electron chi connectivity index (χ4n) is 1.25. The zero-order valence-electron chi connectivity index (χ0n) is 8.27. The Bertz CT molecular complexity index is 245. The molecule has 0 aliphatic rings. The summed E-state index contributed by atoms with van der Waals surface area (Å²) in [6, 6.07) is 0. The van der Waals surface area contributed by atoms with Gasteiger partial charge in [0.2, 0.25) is 0 Å². The second kappa shape index (κ2) is 4.97. The standard InChI is InChI=1S/C9H17N3O/c1-8(2)4-3-5-12-9(6-13)10-7-11-12/h7-8,13H,3-6H2,1-2H3. The summed E-state index contributed by atoms with van der Waals surface area (Å²) in [6.07, 6.45) is 3.76. The Balaban J connectivity index is 2.36. The monoisotopic (exact) mass is 183 g/mol. The smallest absolute Gasteiger partial charge is 0.152 e. The summed E-state index contributed by atoms with van der Waals surface area (Å²) in [5.41, 5.74) is 0. The lowest BCUT2D eigenvalue weighted by molar-refractivity contribution is 0.261. The predicted octanol–water partition coefficient (Wildman–Crippen LogP) is 1.21. The number of aromatic nitrogens is 3. The summed E-state index contributed by atoms with van der Waals surface area (Å²) < 4.78 is 1.77. The number of aliphatic hydroxyl groups excluding tert-OH is 1. The highest BCUT2D eigenvalue weighted by Crippen LogP contribution is 2.05. The Kier molecular flexibility index (Phi) is 3.89. The minimum Gasteiger partial charge on any atom is -0.388 e. The van der Waals surface area contributed by atoms with Gasteiger partial charge in [-0.3, -0.25) is 0 Å². The summed E-state index contributed by atoms with van der Waals surface area (Å²) in [7, 11) is 0. The first-order valence-corrected chi connectivity index (χ1v) is 4.71. The van der Waals surface area contributed by atoms with Crippen LogP contribution in [0.5, 0.6) is 0 Å². The van der Waals surface area contributed by atoms with Crippen molar-refractivity contribution in [1.29, 1.82) is 0 Å². The van der Waals surface area contributed by atoms with Gasteiger partial charge in [0.05, 0.1) is 0 Å². The third-order valence-electron chi connectivity index (χ3n) is 1.99. The van der Waals surface area contributed by atoms with Gasteiger partial charge in [0.25, 0.3) is 0 Å². The van der Waals surface area contributed by atoms with Crippen molar-refractivity contribution < 1.29 is 5.11 Å². The van der Waals surface area contributed by atoms with Crippen molar-refractivity contribution in [2.75, 3.05) is 0 Å². The van der Waals surface area contributed by atoms with Crippen LogP contribution in [-0.2, 0) is 13.2 Å². The van der Waals surface area contributed by atoms with Gasteiger partial charge in [-0.25, -0.2) is 9.67 Å². The number of nitrogens with zero attached hydrogens (tertiary/aromatic N) is 3. The highest BCUT2D eigenvalue weighted by atomic mass is 16.3. The quantitative estimate of drug-likeness (QED) is 0.746. The Morgan fingerprint density at radius 2 is 2.31 bits per heavy atom. The van der Waals surface area contributed by atoms with E-state index in [2.05, 4.69) is 23.9 Å². The van der Waals surface area contributed by atoms with Gasteiger partial charge >= 0.3 is 0 Å². The maximum Gasteiger partial charge on any atom is 0.152 e. The van der Waals surface area contributed by atoms with Gasteiger partial charge in [-0.15, -0.1) is 0 Å². The van der Waals surface area contributed by atoms with Crippen LogP contribution in [0.25, 0.3) is 0 Å². The minimum absolute atomic E-state index is 0.0261. The number of hydrogen-bond donors (Lipinski definition) is 1. The highest BCUT2D eigenvalue weighted by molar-refractivity contribution is 4.80. The van der Waals surface area contributed by atoms with Gasteiger partial charge in [-0.1, -0.05) is 13.8 Å². The first kappa shape index (κ1) is 10.2. The molecule has 4 nitrogen and oxygen atoms in total. The topological polar surface area (TPSA) is 50.9 Å². The molecule has 0 bridgehead atoms. The van der Waals surface area contributed by atoms with Crippen LogP contribution < -0.4 is 0 Å². The zero-order chi connectivity index (χ0) is 9.68. The van der Waals surface area contributed by atoms with Crippen molar-refractivity contribution in [3.05, 3.63) is 12.2 Å². The lowest BCUT2D eigenvalue weighted by Crippen LogP contribution is -2.06. The molecule has 0 aliphatic heterocycles. The molecule has 0 amide bonds. The Morgan fingerprint density at radius 3 is 2.92 bits per heavy atom. The molecule has 0 aromatic carbocycles. The van der Waals surface area contributed by atoms with E-state index in [0.717, 1.165) is 18.9 Å². The number of hydrogen-bond acceptors (Lipinski definition) is 3. The third kappa shape index (κ3) is 3.14. The summed E-state index contributed by atoms with van der Waals surface area (Å²) in [4.78, 5) is 3.93. The number of aliphatic hydroxyl groups is 1. The molecular weight excluding hydrogens is 166 g/mol. The second-order valence-corrected chi connectivity index (χ2v) is 3.59. The molecule has 0 aliphatic carbocycles. The van der Waals surface area contributed by atoms with Gasteiger partial charge in [0, 0.05) is 6.54 Å². The van der Waals surface area contributed by atoms with Crippen molar-refractivity contribution >= 4 is 0 Å². The van der Waals surface area contributed by atoms with Gasteiger partial charge in [0.15, 0.2) is 5.82 Å². The molecule has 1 N–H and O–H groups in total. The normalized spacial score (nSPS) is 11.1. The average Bonchev–Trinajstić information content (AvgIpc) is 2.51. The van der Waals surface area contributed by atoms with E-state index in [1.165, 1.54) is 12.7 Å². The first-order chi connectivity index (χ1) is 6.24. The molecule has 0 saturated carbocycles. The fourth-order valence-corrected chi connectivity index (χ4v) is 1.25. The van der Waals surface area contributed by atoms with Crippen LogP contribution in [0.4, 0.5) is 0 Å². The maximum absolute atomic E-state index is 8.89. The zero-order valence-corrected chi connectivity index (χ0v) is 8.27. The van der Waals surface area contributed by atoms with E-state index < -0.39 is 0 Å². The molecular formula is C9H17N3O. The molecule has 1 heterocycles. The predicted molar refractivity (Wildman–Crippen MR) is 50.0 cm³/mol. The van der Waals surface area contributed by atoms with E-state index in [4.69, 9.17) is 5.11 Å². The van der Waals surface area contributed by atoms with E-state index in [9.17, 15) is 0 Å². The molecule has 0 fully saturated rings. The summed E-state index contributed by atoms with van der Waals surface area (Å²) in [6.45, 7) is 5.23. The van der Waals surface area contributed by atoms with E-state index >= 15 is 0 Å². The highest BCUT2D eigenvalue weighted by Gasteiger charge is 2.02. The molecule has 0 unspecified atom stereocenters. The van der Waals surface area contributed by atoms with Gasteiger partial charge in [-0.2, -0.15) is 5.10 Å². The van der Waals surface area contributed by atoms with Crippen molar-refractivity contribution in [3.63, 3.8) is 0 Å². The van der Waals surface area contributed by atoms with E-state index in [-0.39, 0.29) is 6.61 Å². The summed E-state index contributed by atoms with van der Waals surface area (Å²) in [5.74, 6) is 1.38. The lowest BCUT2D eigenvalue weighted by Gasteiger charge is -2.05. The summed E-state index contributed by atoms with van der Waals surface area (Å²) in [5, 5.41) is 12.9. The Hall–Kier alpha value is -0.900. The molecule has 0 spiro atoms. The van der Waals surface area contributed by atoms with Crippen molar-refractivity contribution in [2.45, 2.75) is 39.8 Å². The third-order valence-corrected chi connectivity index (χ3v) is 1.99. The molecule has 0 saturated heterocycles. The second-order valence-electron chi connectivity index (χ2n) is 3.59. The Morgan fingerprint density at radius 1 is 1.54 bits per heavy atom. The van der Waals surface area contributed by atoms with Crippen LogP contribution in [0.15, 0.2) is 6.33 Å². The van der Waals surface area contributed by atoms with E-state index in [1.807, 2.05) is 0 Å². The molecule has 0 radical (unpaired) electrons. The molecule has 1 rings (SSSR count). The first-order valence-electron chi connectivity index (χ1n) is 4.71. The summed E-state index contributed by atoms with van der Waals surface area (Å²) >= 11 is 0. The van der Waals surface area contributed by atoms with Crippen molar-refractivity contribution in [3.8, 4) is 0 Å². The minimum atomic E-state index is -0.0261. The SMILES string of the molecule is CC(C)CCCn1ncnc1CO. The van der Waals surface area contributed by atoms with Crippen molar-refractivity contribution in [2.24, 2.45) is 5.92 Å². The van der Waals surface area contributed by atoms with Crippen LogP contribution in [0.2, 0.25) is 0 Å². The van der Waals surface area contributed by atoms with Crippen LogP contribution in [0, 0.1) is 5.92 Å². The van der Waals surface area contributed by atoms with Crippen LogP contribution >= 0.6 is 0 Å².